The highest BCUT2D eigenvalue weighted by atomic mass is 16.1. The van der Waals surface area contributed by atoms with Gasteiger partial charge in [0.05, 0.1) is 0 Å². The Morgan fingerprint density at radius 3 is 2.69 bits per heavy atom. The van der Waals surface area contributed by atoms with E-state index in [0.717, 1.165) is 19.4 Å². The van der Waals surface area contributed by atoms with Gasteiger partial charge in [0.1, 0.15) is 0 Å². The van der Waals surface area contributed by atoms with Crippen LogP contribution in [0.1, 0.15) is 32.6 Å². The molecule has 1 fully saturated rings. The molecule has 1 unspecified atom stereocenters. The third kappa shape index (κ3) is 3.35. The summed E-state index contributed by atoms with van der Waals surface area (Å²) in [4.78, 5) is 11.5. The second kappa shape index (κ2) is 5.22. The van der Waals surface area contributed by atoms with Crippen LogP contribution in [0.5, 0.6) is 0 Å². The van der Waals surface area contributed by atoms with Gasteiger partial charge >= 0.3 is 0 Å². The summed E-state index contributed by atoms with van der Waals surface area (Å²) in [6.45, 7) is 3.42. The van der Waals surface area contributed by atoms with Crippen molar-refractivity contribution in [2.75, 3.05) is 13.1 Å². The summed E-state index contributed by atoms with van der Waals surface area (Å²) in [5.74, 6) is 0.910. The fourth-order valence-electron chi connectivity index (χ4n) is 1.69. The Morgan fingerprint density at radius 2 is 2.15 bits per heavy atom. The summed E-state index contributed by atoms with van der Waals surface area (Å²) in [7, 11) is 0. The molecule has 1 atom stereocenters. The lowest BCUT2D eigenvalue weighted by molar-refractivity contribution is -0.124. The maximum absolute atomic E-state index is 11.5. The largest absolute Gasteiger partial charge is 0.356 e. The lowest BCUT2D eigenvalue weighted by Gasteiger charge is -2.13. The molecule has 0 aliphatic heterocycles. The molecule has 0 saturated heterocycles. The number of hydrogen-bond donors (Lipinski definition) is 2. The summed E-state index contributed by atoms with van der Waals surface area (Å²) >= 11 is 0. The lowest BCUT2D eigenvalue weighted by atomic mass is 10.1. The van der Waals surface area contributed by atoms with E-state index < -0.39 is 0 Å². The number of rotatable bonds is 4. The average Bonchev–Trinajstić information content (AvgIpc) is 2.66. The highest BCUT2D eigenvalue weighted by Crippen LogP contribution is 2.24. The molecule has 76 valence electrons. The van der Waals surface area contributed by atoms with Crippen LogP contribution in [0, 0.1) is 11.8 Å². The molecular formula is C10H20N2O. The van der Waals surface area contributed by atoms with Gasteiger partial charge in [-0.25, -0.2) is 0 Å². The molecule has 0 spiro atoms. The molecule has 0 bridgehead atoms. The predicted molar refractivity (Wildman–Crippen MR) is 53.2 cm³/mol. The van der Waals surface area contributed by atoms with Crippen molar-refractivity contribution in [3.63, 3.8) is 0 Å². The summed E-state index contributed by atoms with van der Waals surface area (Å²) in [5.41, 5.74) is 5.46. The minimum atomic E-state index is 0.234. The van der Waals surface area contributed by atoms with E-state index in [1.165, 1.54) is 12.8 Å². The van der Waals surface area contributed by atoms with Crippen molar-refractivity contribution in [1.82, 2.24) is 5.32 Å². The summed E-state index contributed by atoms with van der Waals surface area (Å²) in [6.07, 6.45) is 4.57. The van der Waals surface area contributed by atoms with Gasteiger partial charge in [0, 0.05) is 12.5 Å². The number of amides is 1. The first kappa shape index (κ1) is 10.5. The molecule has 3 nitrogen and oxygen atoms in total. The van der Waals surface area contributed by atoms with Crippen molar-refractivity contribution in [2.45, 2.75) is 32.6 Å². The first-order valence-electron chi connectivity index (χ1n) is 5.21. The molecule has 0 radical (unpaired) electrons. The summed E-state index contributed by atoms with van der Waals surface area (Å²) in [5, 5.41) is 2.96. The van der Waals surface area contributed by atoms with Crippen molar-refractivity contribution in [3.8, 4) is 0 Å². The highest BCUT2D eigenvalue weighted by molar-refractivity contribution is 5.78. The Labute approximate surface area is 80.1 Å². The molecule has 0 aromatic heterocycles. The minimum Gasteiger partial charge on any atom is -0.356 e. The highest BCUT2D eigenvalue weighted by Gasteiger charge is 2.22. The first-order chi connectivity index (χ1) is 6.24. The third-order valence-electron chi connectivity index (χ3n) is 2.75. The van der Waals surface area contributed by atoms with Crippen molar-refractivity contribution in [1.29, 1.82) is 0 Å². The molecule has 3 heteroatoms. The Bertz CT molecular complexity index is 164. The molecule has 1 amide bonds. The molecule has 13 heavy (non-hydrogen) atoms. The third-order valence-corrected chi connectivity index (χ3v) is 2.75. The first-order valence-corrected chi connectivity index (χ1v) is 5.21. The topological polar surface area (TPSA) is 55.1 Å². The smallest absolute Gasteiger partial charge is 0.223 e. The number of carbonyl (C=O) groups excluding carboxylic acids is 1. The lowest BCUT2D eigenvalue weighted by Crippen LogP contribution is -2.34. The van der Waals surface area contributed by atoms with Gasteiger partial charge in [0.15, 0.2) is 0 Å². The van der Waals surface area contributed by atoms with E-state index in [0.29, 0.717) is 12.5 Å². The van der Waals surface area contributed by atoms with Crippen LogP contribution in [-0.4, -0.2) is 19.0 Å². The van der Waals surface area contributed by atoms with Gasteiger partial charge in [0.25, 0.3) is 0 Å². The zero-order valence-corrected chi connectivity index (χ0v) is 8.38. The Kier molecular flexibility index (Phi) is 4.22. The summed E-state index contributed by atoms with van der Waals surface area (Å²) in [6, 6.07) is 0. The zero-order valence-electron chi connectivity index (χ0n) is 8.38. The quantitative estimate of drug-likeness (QED) is 0.681. The van der Waals surface area contributed by atoms with Gasteiger partial charge in [-0.15, -0.1) is 0 Å². The number of hydrogen-bond acceptors (Lipinski definition) is 2. The molecule has 1 aliphatic rings. The SMILES string of the molecule is CC(CN)CNC(=O)C1CCCC1. The van der Waals surface area contributed by atoms with Gasteiger partial charge < -0.3 is 11.1 Å². The van der Waals surface area contributed by atoms with E-state index >= 15 is 0 Å². The van der Waals surface area contributed by atoms with Gasteiger partial charge in [0.2, 0.25) is 5.91 Å². The van der Waals surface area contributed by atoms with Crippen molar-refractivity contribution in [3.05, 3.63) is 0 Å². The van der Waals surface area contributed by atoms with Crippen molar-refractivity contribution >= 4 is 5.91 Å². The van der Waals surface area contributed by atoms with Crippen LogP contribution in [0.4, 0.5) is 0 Å². The number of nitrogens with one attached hydrogen (secondary N) is 1. The molecule has 0 aromatic rings. The Hall–Kier alpha value is -0.570. The Morgan fingerprint density at radius 1 is 1.54 bits per heavy atom. The standard InChI is InChI=1S/C10H20N2O/c1-8(6-11)7-12-10(13)9-4-2-3-5-9/h8-9H,2-7,11H2,1H3,(H,12,13). The van der Waals surface area contributed by atoms with Crippen LogP contribution in [0.15, 0.2) is 0 Å². The average molecular weight is 184 g/mol. The molecule has 1 saturated carbocycles. The zero-order chi connectivity index (χ0) is 9.68. The van der Waals surface area contributed by atoms with Crippen LogP contribution in [0.2, 0.25) is 0 Å². The Balaban J connectivity index is 2.16. The van der Waals surface area contributed by atoms with Crippen LogP contribution in [0.25, 0.3) is 0 Å². The molecule has 0 heterocycles. The molecule has 0 aromatic carbocycles. The number of carbonyl (C=O) groups is 1. The van der Waals surface area contributed by atoms with Crippen LogP contribution < -0.4 is 11.1 Å². The van der Waals surface area contributed by atoms with Gasteiger partial charge in [-0.3, -0.25) is 4.79 Å². The van der Waals surface area contributed by atoms with Gasteiger partial charge in [-0.1, -0.05) is 19.8 Å². The molecule has 1 rings (SSSR count). The van der Waals surface area contributed by atoms with E-state index in [4.69, 9.17) is 5.73 Å². The van der Waals surface area contributed by atoms with Crippen molar-refractivity contribution < 1.29 is 4.79 Å². The van der Waals surface area contributed by atoms with E-state index in [-0.39, 0.29) is 11.8 Å². The van der Waals surface area contributed by atoms with E-state index in [1.807, 2.05) is 0 Å². The monoisotopic (exact) mass is 184 g/mol. The minimum absolute atomic E-state index is 0.234. The van der Waals surface area contributed by atoms with E-state index in [9.17, 15) is 4.79 Å². The summed E-state index contributed by atoms with van der Waals surface area (Å²) < 4.78 is 0. The van der Waals surface area contributed by atoms with Crippen LogP contribution >= 0.6 is 0 Å². The maximum atomic E-state index is 11.5. The van der Waals surface area contributed by atoms with Gasteiger partial charge in [-0.05, 0) is 25.3 Å². The normalized spacial score (nSPS) is 20.2. The van der Waals surface area contributed by atoms with Crippen LogP contribution in [-0.2, 0) is 4.79 Å². The number of nitrogens with two attached hydrogens (primary N) is 1. The molecular weight excluding hydrogens is 164 g/mol. The fourth-order valence-corrected chi connectivity index (χ4v) is 1.69. The second-order valence-corrected chi connectivity index (χ2v) is 4.07. The van der Waals surface area contributed by atoms with E-state index in [1.54, 1.807) is 0 Å². The second-order valence-electron chi connectivity index (χ2n) is 4.07. The molecule has 1 aliphatic carbocycles. The predicted octanol–water partition coefficient (Wildman–Crippen LogP) is 0.888. The molecule has 3 N–H and O–H groups in total. The van der Waals surface area contributed by atoms with Gasteiger partial charge in [-0.2, -0.15) is 0 Å². The van der Waals surface area contributed by atoms with Crippen molar-refractivity contribution in [2.24, 2.45) is 17.6 Å². The maximum Gasteiger partial charge on any atom is 0.223 e. The van der Waals surface area contributed by atoms with E-state index in [2.05, 4.69) is 12.2 Å². The van der Waals surface area contributed by atoms with Crippen LogP contribution in [0.3, 0.4) is 0 Å². The fraction of sp³-hybridized carbons (Fsp3) is 0.900.